The third-order valence-electron chi connectivity index (χ3n) is 7.07. The average molecular weight is 496 g/mol. The Morgan fingerprint density at radius 2 is 1.46 bits per heavy atom. The molecule has 0 aliphatic rings. The van der Waals surface area contributed by atoms with E-state index in [1.54, 1.807) is 11.3 Å². The van der Waals surface area contributed by atoms with Crippen molar-refractivity contribution >= 4 is 55.8 Å². The Morgan fingerprint density at radius 1 is 0.730 bits per heavy atom. The standard InChI is InChI=1S/C33H25N3S/c1-3-4-11-28-21(2)37-33(35-28)23-16-14-22(15-17-23)24-18-19-30-27(20-24)25-9-5-6-10-26(25)32-34-29-12-7-8-13-31(29)36(30)32/h4-20H,3H2,1-2H3/b11-4-. The van der Waals surface area contributed by atoms with Crippen LogP contribution in [0.1, 0.15) is 23.9 Å². The van der Waals surface area contributed by atoms with Crippen molar-refractivity contribution in [1.29, 1.82) is 0 Å². The molecule has 3 nitrogen and oxygen atoms in total. The smallest absolute Gasteiger partial charge is 0.146 e. The maximum absolute atomic E-state index is 4.99. The molecule has 0 unspecified atom stereocenters. The molecule has 0 aliphatic heterocycles. The lowest BCUT2D eigenvalue weighted by molar-refractivity contribution is 1.23. The van der Waals surface area contributed by atoms with Crippen LogP contribution in [0.2, 0.25) is 0 Å². The molecule has 0 saturated heterocycles. The van der Waals surface area contributed by atoms with Gasteiger partial charge in [-0.1, -0.05) is 79.7 Å². The zero-order valence-electron chi connectivity index (χ0n) is 20.8. The number of hydrogen-bond donors (Lipinski definition) is 0. The maximum atomic E-state index is 4.99. The number of para-hydroxylation sites is 2. The Labute approximate surface area is 219 Å². The Kier molecular flexibility index (Phi) is 5.15. The van der Waals surface area contributed by atoms with Crippen molar-refractivity contribution in [1.82, 2.24) is 14.4 Å². The van der Waals surface area contributed by atoms with Crippen LogP contribution in [0, 0.1) is 6.92 Å². The molecule has 4 heteroatoms. The van der Waals surface area contributed by atoms with Crippen molar-refractivity contribution in [2.24, 2.45) is 0 Å². The first-order valence-electron chi connectivity index (χ1n) is 12.7. The summed E-state index contributed by atoms with van der Waals surface area (Å²) in [5.74, 6) is 0. The van der Waals surface area contributed by atoms with Gasteiger partial charge < -0.3 is 0 Å². The molecule has 4 aromatic carbocycles. The van der Waals surface area contributed by atoms with Gasteiger partial charge in [0.1, 0.15) is 10.7 Å². The van der Waals surface area contributed by atoms with Gasteiger partial charge in [0, 0.05) is 21.2 Å². The highest BCUT2D eigenvalue weighted by atomic mass is 32.1. The number of allylic oxidation sites excluding steroid dienone is 1. The number of hydrogen-bond acceptors (Lipinski definition) is 3. The van der Waals surface area contributed by atoms with Gasteiger partial charge >= 0.3 is 0 Å². The van der Waals surface area contributed by atoms with E-state index in [0.717, 1.165) is 39.4 Å². The van der Waals surface area contributed by atoms with E-state index in [2.05, 4.69) is 121 Å². The van der Waals surface area contributed by atoms with Gasteiger partial charge in [0.15, 0.2) is 0 Å². The first-order chi connectivity index (χ1) is 18.2. The van der Waals surface area contributed by atoms with Crippen LogP contribution in [0.25, 0.3) is 66.1 Å². The van der Waals surface area contributed by atoms with Gasteiger partial charge in [-0.3, -0.25) is 4.40 Å². The highest BCUT2D eigenvalue weighted by Crippen LogP contribution is 2.35. The summed E-state index contributed by atoms with van der Waals surface area (Å²) in [4.78, 5) is 11.1. The van der Waals surface area contributed by atoms with E-state index < -0.39 is 0 Å². The molecule has 37 heavy (non-hydrogen) atoms. The molecule has 0 saturated carbocycles. The summed E-state index contributed by atoms with van der Waals surface area (Å²) in [5.41, 5.74) is 8.97. The van der Waals surface area contributed by atoms with Crippen LogP contribution in [0.4, 0.5) is 0 Å². The number of imidazole rings is 1. The summed E-state index contributed by atoms with van der Waals surface area (Å²) >= 11 is 1.75. The molecule has 0 spiro atoms. The zero-order valence-corrected chi connectivity index (χ0v) is 21.6. The summed E-state index contributed by atoms with van der Waals surface area (Å²) in [7, 11) is 0. The molecular weight excluding hydrogens is 470 g/mol. The van der Waals surface area contributed by atoms with Gasteiger partial charge in [0.05, 0.1) is 22.2 Å². The van der Waals surface area contributed by atoms with Gasteiger partial charge in [-0.05, 0) is 60.2 Å². The fourth-order valence-corrected chi connectivity index (χ4v) is 6.12. The van der Waals surface area contributed by atoms with E-state index in [0.29, 0.717) is 0 Å². The lowest BCUT2D eigenvalue weighted by Crippen LogP contribution is -1.92. The van der Waals surface area contributed by atoms with Crippen LogP contribution in [0.15, 0.2) is 97.1 Å². The summed E-state index contributed by atoms with van der Waals surface area (Å²) in [6.45, 7) is 4.29. The predicted octanol–water partition coefficient (Wildman–Crippen LogP) is 9.32. The Bertz CT molecular complexity index is 1970. The quantitative estimate of drug-likeness (QED) is 0.228. The van der Waals surface area contributed by atoms with Crippen LogP contribution in [0.5, 0.6) is 0 Å². The lowest BCUT2D eigenvalue weighted by atomic mass is 9.99. The van der Waals surface area contributed by atoms with Crippen LogP contribution < -0.4 is 0 Å². The van der Waals surface area contributed by atoms with Crippen LogP contribution in [-0.2, 0) is 0 Å². The van der Waals surface area contributed by atoms with Crippen molar-refractivity contribution in [2.75, 3.05) is 0 Å². The monoisotopic (exact) mass is 495 g/mol. The molecule has 0 bridgehead atoms. The Hall–Kier alpha value is -4.28. The van der Waals surface area contributed by atoms with Gasteiger partial charge in [-0.15, -0.1) is 11.3 Å². The van der Waals surface area contributed by atoms with Crippen molar-refractivity contribution < 1.29 is 0 Å². The van der Waals surface area contributed by atoms with Gasteiger partial charge in [-0.2, -0.15) is 0 Å². The number of aromatic nitrogens is 3. The number of pyridine rings is 1. The van der Waals surface area contributed by atoms with E-state index in [9.17, 15) is 0 Å². The molecule has 0 atom stereocenters. The van der Waals surface area contributed by atoms with Gasteiger partial charge in [-0.25, -0.2) is 9.97 Å². The molecule has 3 heterocycles. The molecule has 7 rings (SSSR count). The van der Waals surface area contributed by atoms with Crippen LogP contribution in [-0.4, -0.2) is 14.4 Å². The highest BCUT2D eigenvalue weighted by molar-refractivity contribution is 7.15. The summed E-state index contributed by atoms with van der Waals surface area (Å²) < 4.78 is 2.30. The molecule has 0 N–H and O–H groups in total. The van der Waals surface area contributed by atoms with Crippen LogP contribution in [0.3, 0.4) is 0 Å². The van der Waals surface area contributed by atoms with Gasteiger partial charge in [0.25, 0.3) is 0 Å². The first kappa shape index (κ1) is 22.0. The first-order valence-corrected chi connectivity index (χ1v) is 13.5. The topological polar surface area (TPSA) is 30.2 Å². The minimum Gasteiger partial charge on any atom is -0.292 e. The van der Waals surface area contributed by atoms with E-state index in [4.69, 9.17) is 9.97 Å². The number of aryl methyl sites for hydroxylation is 1. The number of rotatable bonds is 4. The fourth-order valence-electron chi connectivity index (χ4n) is 5.21. The third-order valence-corrected chi connectivity index (χ3v) is 8.10. The fraction of sp³-hybridized carbons (Fsp3) is 0.0909. The molecule has 0 amide bonds. The predicted molar refractivity (Wildman–Crippen MR) is 158 cm³/mol. The normalized spacial score (nSPS) is 12.1. The second-order valence-electron chi connectivity index (χ2n) is 9.39. The Morgan fingerprint density at radius 3 is 2.30 bits per heavy atom. The third kappa shape index (κ3) is 3.56. The minimum atomic E-state index is 1.01. The minimum absolute atomic E-state index is 1.01. The molecular formula is C33H25N3S. The summed E-state index contributed by atoms with van der Waals surface area (Å²) in [6.07, 6.45) is 5.31. The van der Waals surface area contributed by atoms with Crippen molar-refractivity contribution in [2.45, 2.75) is 20.3 Å². The van der Waals surface area contributed by atoms with E-state index in [1.807, 2.05) is 0 Å². The second kappa shape index (κ2) is 8.68. The van der Waals surface area contributed by atoms with E-state index in [-0.39, 0.29) is 0 Å². The number of fused-ring (bicyclic) bond motifs is 8. The molecule has 178 valence electrons. The van der Waals surface area contributed by atoms with Gasteiger partial charge in [0.2, 0.25) is 0 Å². The summed E-state index contributed by atoms with van der Waals surface area (Å²) in [6, 6.07) is 32.6. The number of benzene rings is 4. The molecule has 0 aliphatic carbocycles. The number of nitrogens with zero attached hydrogens (tertiary/aromatic N) is 3. The van der Waals surface area contributed by atoms with Crippen molar-refractivity contribution in [3.8, 4) is 21.7 Å². The van der Waals surface area contributed by atoms with Crippen molar-refractivity contribution in [3.63, 3.8) is 0 Å². The largest absolute Gasteiger partial charge is 0.292 e. The molecule has 0 fully saturated rings. The van der Waals surface area contributed by atoms with Crippen LogP contribution >= 0.6 is 11.3 Å². The summed E-state index contributed by atoms with van der Waals surface area (Å²) in [5, 5.41) is 4.70. The lowest BCUT2D eigenvalue weighted by Gasteiger charge is -2.11. The Balaban J connectivity index is 1.37. The number of thiazole rings is 1. The van der Waals surface area contributed by atoms with Crippen molar-refractivity contribution in [3.05, 3.63) is 108 Å². The van der Waals surface area contributed by atoms with E-state index >= 15 is 0 Å². The average Bonchev–Trinajstić information content (AvgIpc) is 3.52. The maximum Gasteiger partial charge on any atom is 0.146 e. The highest BCUT2D eigenvalue weighted by Gasteiger charge is 2.14. The van der Waals surface area contributed by atoms with E-state index in [1.165, 1.54) is 37.7 Å². The molecule has 0 radical (unpaired) electrons. The molecule has 7 aromatic rings. The molecule has 3 aromatic heterocycles. The second-order valence-corrected chi connectivity index (χ2v) is 10.6. The zero-order chi connectivity index (χ0) is 24.9. The SMILES string of the molecule is CC/C=C\c1nc(-c2ccc(-c3ccc4c(c3)c3ccccc3c3nc5ccccc5n43)cc2)sc1C.